The van der Waals surface area contributed by atoms with E-state index in [0.717, 1.165) is 19.6 Å². The summed E-state index contributed by atoms with van der Waals surface area (Å²) >= 11 is 0. The molecule has 1 unspecified atom stereocenters. The summed E-state index contributed by atoms with van der Waals surface area (Å²) in [7, 11) is 0. The molecule has 112 valence electrons. The fourth-order valence-corrected chi connectivity index (χ4v) is 2.37. The van der Waals surface area contributed by atoms with Crippen molar-refractivity contribution in [1.29, 1.82) is 0 Å². The summed E-state index contributed by atoms with van der Waals surface area (Å²) < 4.78 is 5.26. The van der Waals surface area contributed by atoms with Gasteiger partial charge in [-0.3, -0.25) is 4.79 Å². The van der Waals surface area contributed by atoms with E-state index < -0.39 is 0 Å². The molecule has 0 saturated carbocycles. The van der Waals surface area contributed by atoms with E-state index in [2.05, 4.69) is 12.2 Å². The molecule has 1 aliphatic heterocycles. The van der Waals surface area contributed by atoms with Crippen LogP contribution in [0.2, 0.25) is 0 Å². The maximum atomic E-state index is 12.1. The molecule has 0 radical (unpaired) electrons. The number of ether oxygens (including phenoxy) is 1. The Morgan fingerprint density at radius 2 is 1.79 bits per heavy atom. The molecule has 0 aromatic rings. The van der Waals surface area contributed by atoms with Crippen LogP contribution in [0.1, 0.15) is 52.4 Å². The van der Waals surface area contributed by atoms with Gasteiger partial charge < -0.3 is 15.0 Å². The third-order valence-corrected chi connectivity index (χ3v) is 3.67. The third kappa shape index (κ3) is 6.92. The quantitative estimate of drug-likeness (QED) is 0.653. The Labute approximate surface area is 117 Å². The minimum atomic E-state index is -0.0614. The first kappa shape index (κ1) is 16.4. The first-order valence-corrected chi connectivity index (χ1v) is 7.85. The fourth-order valence-electron chi connectivity index (χ4n) is 2.37. The van der Waals surface area contributed by atoms with Gasteiger partial charge in [0, 0.05) is 13.1 Å². The van der Waals surface area contributed by atoms with Gasteiger partial charge in [0.2, 0.25) is 5.91 Å². The first-order valence-electron chi connectivity index (χ1n) is 7.85. The summed E-state index contributed by atoms with van der Waals surface area (Å²) in [6.45, 7) is 7.98. The van der Waals surface area contributed by atoms with Crippen LogP contribution in [0, 0.1) is 0 Å². The molecular weight excluding hydrogens is 240 g/mol. The summed E-state index contributed by atoms with van der Waals surface area (Å²) in [5.74, 6) is 0.217. The van der Waals surface area contributed by atoms with Crippen molar-refractivity contribution in [3.63, 3.8) is 0 Å². The van der Waals surface area contributed by atoms with Gasteiger partial charge >= 0.3 is 0 Å². The SMILES string of the molecule is CCCCCCCCNC(C)C(=O)N1CCOCC1. The first-order chi connectivity index (χ1) is 9.25. The Bertz CT molecular complexity index is 240. The second-order valence-corrected chi connectivity index (χ2v) is 5.38. The van der Waals surface area contributed by atoms with Crippen LogP contribution in [0.15, 0.2) is 0 Å². The summed E-state index contributed by atoms with van der Waals surface area (Å²) in [5, 5.41) is 3.34. The number of rotatable bonds is 9. The van der Waals surface area contributed by atoms with E-state index in [1.807, 2.05) is 11.8 Å². The van der Waals surface area contributed by atoms with Crippen LogP contribution in [-0.4, -0.2) is 49.7 Å². The molecule has 1 aliphatic rings. The van der Waals surface area contributed by atoms with Crippen LogP contribution >= 0.6 is 0 Å². The fraction of sp³-hybridized carbons (Fsp3) is 0.933. The Kier molecular flexibility index (Phi) is 8.84. The summed E-state index contributed by atoms with van der Waals surface area (Å²) in [6.07, 6.45) is 7.75. The van der Waals surface area contributed by atoms with Gasteiger partial charge in [-0.15, -0.1) is 0 Å². The monoisotopic (exact) mass is 270 g/mol. The zero-order valence-electron chi connectivity index (χ0n) is 12.6. The lowest BCUT2D eigenvalue weighted by atomic mass is 10.1. The Hall–Kier alpha value is -0.610. The van der Waals surface area contributed by atoms with Crippen molar-refractivity contribution in [1.82, 2.24) is 10.2 Å². The van der Waals surface area contributed by atoms with Crippen molar-refractivity contribution < 1.29 is 9.53 Å². The van der Waals surface area contributed by atoms with E-state index in [1.165, 1.54) is 38.5 Å². The molecule has 0 aliphatic carbocycles. The number of nitrogens with one attached hydrogen (secondary N) is 1. The zero-order chi connectivity index (χ0) is 13.9. The average Bonchev–Trinajstić information content (AvgIpc) is 2.46. The normalized spacial score (nSPS) is 17.5. The van der Waals surface area contributed by atoms with Crippen molar-refractivity contribution in [3.05, 3.63) is 0 Å². The highest BCUT2D eigenvalue weighted by Crippen LogP contribution is 2.05. The molecule has 0 spiro atoms. The number of carbonyl (C=O) groups is 1. The molecule has 19 heavy (non-hydrogen) atoms. The lowest BCUT2D eigenvalue weighted by Crippen LogP contribution is -2.49. The molecule has 4 heteroatoms. The molecule has 1 rings (SSSR count). The molecule has 1 atom stereocenters. The summed E-state index contributed by atoms with van der Waals surface area (Å²) in [6, 6.07) is -0.0614. The van der Waals surface area contributed by atoms with Crippen molar-refractivity contribution >= 4 is 5.91 Å². The molecular formula is C15H30N2O2. The molecule has 1 amide bonds. The van der Waals surface area contributed by atoms with Gasteiger partial charge in [0.25, 0.3) is 0 Å². The van der Waals surface area contributed by atoms with Crippen LogP contribution in [0.3, 0.4) is 0 Å². The van der Waals surface area contributed by atoms with Gasteiger partial charge in [0.1, 0.15) is 0 Å². The molecule has 4 nitrogen and oxygen atoms in total. The highest BCUT2D eigenvalue weighted by Gasteiger charge is 2.21. The third-order valence-electron chi connectivity index (χ3n) is 3.67. The van der Waals surface area contributed by atoms with Crippen LogP contribution in [0.5, 0.6) is 0 Å². The van der Waals surface area contributed by atoms with Gasteiger partial charge in [-0.25, -0.2) is 0 Å². The lowest BCUT2D eigenvalue weighted by Gasteiger charge is -2.29. The minimum absolute atomic E-state index is 0.0614. The standard InChI is InChI=1S/C15H30N2O2/c1-3-4-5-6-7-8-9-16-14(2)15(18)17-10-12-19-13-11-17/h14,16H,3-13H2,1-2H3. The van der Waals surface area contributed by atoms with E-state index in [-0.39, 0.29) is 11.9 Å². The second kappa shape index (κ2) is 10.2. The predicted octanol–water partition coefficient (Wildman–Crippen LogP) is 2.18. The Morgan fingerprint density at radius 1 is 1.16 bits per heavy atom. The number of carbonyl (C=O) groups excluding carboxylic acids is 1. The largest absolute Gasteiger partial charge is 0.378 e. The number of nitrogens with zero attached hydrogens (tertiary/aromatic N) is 1. The molecule has 1 N–H and O–H groups in total. The maximum absolute atomic E-state index is 12.1. The van der Waals surface area contributed by atoms with E-state index in [9.17, 15) is 4.79 Å². The van der Waals surface area contributed by atoms with Gasteiger partial charge in [-0.1, -0.05) is 39.0 Å². The number of unbranched alkanes of at least 4 members (excludes halogenated alkanes) is 5. The lowest BCUT2D eigenvalue weighted by molar-refractivity contribution is -0.137. The molecule has 0 aromatic heterocycles. The Balaban J connectivity index is 2.03. The van der Waals surface area contributed by atoms with Crippen molar-refractivity contribution in [3.8, 4) is 0 Å². The minimum Gasteiger partial charge on any atom is -0.378 e. The molecule has 1 saturated heterocycles. The molecule has 0 bridgehead atoms. The van der Waals surface area contributed by atoms with Crippen molar-refractivity contribution in [2.45, 2.75) is 58.4 Å². The van der Waals surface area contributed by atoms with E-state index in [0.29, 0.717) is 13.2 Å². The van der Waals surface area contributed by atoms with Crippen LogP contribution in [0.4, 0.5) is 0 Å². The number of hydrogen-bond acceptors (Lipinski definition) is 3. The van der Waals surface area contributed by atoms with Crippen molar-refractivity contribution in [2.75, 3.05) is 32.8 Å². The molecule has 1 fully saturated rings. The molecule has 1 heterocycles. The smallest absolute Gasteiger partial charge is 0.239 e. The summed E-state index contributed by atoms with van der Waals surface area (Å²) in [5.41, 5.74) is 0. The maximum Gasteiger partial charge on any atom is 0.239 e. The Morgan fingerprint density at radius 3 is 2.47 bits per heavy atom. The van der Waals surface area contributed by atoms with Gasteiger partial charge in [-0.05, 0) is 19.9 Å². The van der Waals surface area contributed by atoms with Gasteiger partial charge in [0.05, 0.1) is 19.3 Å². The average molecular weight is 270 g/mol. The molecule has 0 aromatic carbocycles. The van der Waals surface area contributed by atoms with E-state index in [4.69, 9.17) is 4.74 Å². The number of hydrogen-bond donors (Lipinski definition) is 1. The van der Waals surface area contributed by atoms with Gasteiger partial charge in [-0.2, -0.15) is 0 Å². The highest BCUT2D eigenvalue weighted by molar-refractivity contribution is 5.81. The number of morpholine rings is 1. The van der Waals surface area contributed by atoms with Crippen molar-refractivity contribution in [2.24, 2.45) is 0 Å². The van der Waals surface area contributed by atoms with Crippen LogP contribution < -0.4 is 5.32 Å². The van der Waals surface area contributed by atoms with E-state index in [1.54, 1.807) is 0 Å². The number of amides is 1. The highest BCUT2D eigenvalue weighted by atomic mass is 16.5. The predicted molar refractivity (Wildman–Crippen MR) is 78.2 cm³/mol. The van der Waals surface area contributed by atoms with Crippen LogP contribution in [0.25, 0.3) is 0 Å². The summed E-state index contributed by atoms with van der Waals surface area (Å²) in [4.78, 5) is 14.0. The second-order valence-electron chi connectivity index (χ2n) is 5.38. The van der Waals surface area contributed by atoms with Crippen LogP contribution in [-0.2, 0) is 9.53 Å². The topological polar surface area (TPSA) is 41.6 Å². The van der Waals surface area contributed by atoms with Gasteiger partial charge in [0.15, 0.2) is 0 Å². The van der Waals surface area contributed by atoms with E-state index >= 15 is 0 Å². The zero-order valence-corrected chi connectivity index (χ0v) is 12.6.